The number of aliphatic imine (C=N–C) groups is 1. The van der Waals surface area contributed by atoms with Gasteiger partial charge in [0.1, 0.15) is 0 Å². The zero-order chi connectivity index (χ0) is 22.1. The third-order valence-corrected chi connectivity index (χ3v) is 5.85. The van der Waals surface area contributed by atoms with Crippen molar-refractivity contribution in [2.75, 3.05) is 33.2 Å². The van der Waals surface area contributed by atoms with Crippen LogP contribution in [0.1, 0.15) is 31.4 Å². The van der Waals surface area contributed by atoms with Crippen molar-refractivity contribution in [3.63, 3.8) is 0 Å². The number of hydrogen-bond acceptors (Lipinski definition) is 2. The SMILES string of the molecule is CN=C(NCC1CC(=O)N(CCc2ccccc2)C1)NCC(C)(C)Cc1ccccc1. The second-order valence-corrected chi connectivity index (χ2v) is 9.28. The summed E-state index contributed by atoms with van der Waals surface area (Å²) in [5.74, 6) is 1.38. The first kappa shape index (κ1) is 22.9. The lowest BCUT2D eigenvalue weighted by Crippen LogP contribution is -2.44. The van der Waals surface area contributed by atoms with E-state index in [1.54, 1.807) is 7.05 Å². The third kappa shape index (κ3) is 7.42. The maximum absolute atomic E-state index is 12.4. The highest BCUT2D eigenvalue weighted by molar-refractivity contribution is 5.80. The molecule has 1 aliphatic rings. The number of hydrogen-bond donors (Lipinski definition) is 2. The first-order valence-electron chi connectivity index (χ1n) is 11.3. The molecule has 1 unspecified atom stereocenters. The molecule has 2 aromatic rings. The molecule has 1 saturated heterocycles. The van der Waals surface area contributed by atoms with Crippen LogP contribution in [0.4, 0.5) is 0 Å². The molecule has 1 fully saturated rings. The second kappa shape index (κ2) is 11.0. The Kier molecular flexibility index (Phi) is 8.10. The summed E-state index contributed by atoms with van der Waals surface area (Å²) >= 11 is 0. The van der Waals surface area contributed by atoms with Crippen molar-refractivity contribution in [3.8, 4) is 0 Å². The van der Waals surface area contributed by atoms with Crippen LogP contribution < -0.4 is 10.6 Å². The van der Waals surface area contributed by atoms with Crippen molar-refractivity contribution in [1.82, 2.24) is 15.5 Å². The Balaban J connectivity index is 1.40. The average molecular weight is 421 g/mol. The summed E-state index contributed by atoms with van der Waals surface area (Å²) in [7, 11) is 1.80. The van der Waals surface area contributed by atoms with Crippen molar-refractivity contribution in [2.45, 2.75) is 33.1 Å². The van der Waals surface area contributed by atoms with Gasteiger partial charge in [0.25, 0.3) is 0 Å². The molecule has 2 aromatic carbocycles. The van der Waals surface area contributed by atoms with E-state index < -0.39 is 0 Å². The van der Waals surface area contributed by atoms with Gasteiger partial charge in [-0.1, -0.05) is 74.5 Å². The van der Waals surface area contributed by atoms with Crippen molar-refractivity contribution >= 4 is 11.9 Å². The summed E-state index contributed by atoms with van der Waals surface area (Å²) in [6, 6.07) is 20.9. The molecule has 1 amide bonds. The van der Waals surface area contributed by atoms with Crippen molar-refractivity contribution in [1.29, 1.82) is 0 Å². The van der Waals surface area contributed by atoms with Crippen molar-refractivity contribution in [3.05, 3.63) is 71.8 Å². The standard InChI is InChI=1S/C26H36N4O/c1-26(2,17-22-12-8-5-9-13-22)20-29-25(27-3)28-18-23-16-24(31)30(19-23)15-14-21-10-6-4-7-11-21/h4-13,23H,14-20H2,1-3H3,(H2,27,28,29). The minimum atomic E-state index is 0.108. The molecule has 0 spiro atoms. The molecular formula is C26H36N4O. The Hall–Kier alpha value is -2.82. The molecular weight excluding hydrogens is 384 g/mol. The molecule has 31 heavy (non-hydrogen) atoms. The number of nitrogens with one attached hydrogen (secondary N) is 2. The van der Waals surface area contributed by atoms with Gasteiger partial charge in [0, 0.05) is 45.6 Å². The molecule has 1 heterocycles. The number of amides is 1. The van der Waals surface area contributed by atoms with E-state index in [9.17, 15) is 4.79 Å². The highest BCUT2D eigenvalue weighted by atomic mass is 16.2. The fourth-order valence-electron chi connectivity index (χ4n) is 4.11. The molecule has 0 aliphatic carbocycles. The Bertz CT molecular complexity index is 848. The van der Waals surface area contributed by atoms with E-state index in [0.717, 1.165) is 45.0 Å². The molecule has 0 aromatic heterocycles. The number of nitrogens with zero attached hydrogens (tertiary/aromatic N) is 2. The molecule has 166 valence electrons. The van der Waals surface area contributed by atoms with Crippen LogP contribution in [0, 0.1) is 11.3 Å². The minimum Gasteiger partial charge on any atom is -0.356 e. The van der Waals surface area contributed by atoms with Crippen LogP contribution in [0.2, 0.25) is 0 Å². The van der Waals surface area contributed by atoms with Gasteiger partial charge in [0.2, 0.25) is 5.91 Å². The van der Waals surface area contributed by atoms with E-state index in [4.69, 9.17) is 0 Å². The molecule has 1 atom stereocenters. The molecule has 5 heteroatoms. The lowest BCUT2D eigenvalue weighted by Gasteiger charge is -2.26. The molecule has 0 saturated carbocycles. The first-order chi connectivity index (χ1) is 14.9. The number of benzene rings is 2. The predicted molar refractivity (Wildman–Crippen MR) is 128 cm³/mol. The van der Waals surface area contributed by atoms with Crippen LogP contribution in [0.25, 0.3) is 0 Å². The zero-order valence-electron chi connectivity index (χ0n) is 19.1. The molecule has 1 aliphatic heterocycles. The van der Waals surface area contributed by atoms with Gasteiger partial charge in [-0.2, -0.15) is 0 Å². The van der Waals surface area contributed by atoms with Gasteiger partial charge < -0.3 is 15.5 Å². The maximum atomic E-state index is 12.4. The van der Waals surface area contributed by atoms with Gasteiger partial charge in [-0.3, -0.25) is 9.79 Å². The third-order valence-electron chi connectivity index (χ3n) is 5.85. The van der Waals surface area contributed by atoms with E-state index in [1.165, 1.54) is 11.1 Å². The predicted octanol–water partition coefficient (Wildman–Crippen LogP) is 3.51. The van der Waals surface area contributed by atoms with E-state index in [-0.39, 0.29) is 11.3 Å². The van der Waals surface area contributed by atoms with Crippen LogP contribution in [0.5, 0.6) is 0 Å². The smallest absolute Gasteiger partial charge is 0.223 e. The number of likely N-dealkylation sites (tertiary alicyclic amines) is 1. The molecule has 0 bridgehead atoms. The van der Waals surface area contributed by atoms with Crippen molar-refractivity contribution < 1.29 is 4.79 Å². The van der Waals surface area contributed by atoms with E-state index in [1.807, 2.05) is 23.1 Å². The molecule has 2 N–H and O–H groups in total. The number of guanidine groups is 1. The normalized spacial score (nSPS) is 17.1. The van der Waals surface area contributed by atoms with Gasteiger partial charge in [-0.05, 0) is 29.4 Å². The lowest BCUT2D eigenvalue weighted by molar-refractivity contribution is -0.127. The fourth-order valence-corrected chi connectivity index (χ4v) is 4.11. The highest BCUT2D eigenvalue weighted by Crippen LogP contribution is 2.21. The Morgan fingerprint density at radius 2 is 1.68 bits per heavy atom. The fraction of sp³-hybridized carbons (Fsp3) is 0.462. The van der Waals surface area contributed by atoms with Crippen LogP contribution in [-0.2, 0) is 17.6 Å². The number of carbonyl (C=O) groups excluding carboxylic acids is 1. The van der Waals surface area contributed by atoms with Crippen LogP contribution >= 0.6 is 0 Å². The van der Waals surface area contributed by atoms with E-state index in [2.05, 4.69) is 71.9 Å². The summed E-state index contributed by atoms with van der Waals surface area (Å²) < 4.78 is 0. The molecule has 0 radical (unpaired) electrons. The Morgan fingerprint density at radius 3 is 2.32 bits per heavy atom. The lowest BCUT2D eigenvalue weighted by atomic mass is 9.86. The zero-order valence-corrected chi connectivity index (χ0v) is 19.1. The minimum absolute atomic E-state index is 0.108. The topological polar surface area (TPSA) is 56.7 Å². The Morgan fingerprint density at radius 1 is 1.03 bits per heavy atom. The number of rotatable bonds is 9. The van der Waals surface area contributed by atoms with Crippen LogP contribution in [0.3, 0.4) is 0 Å². The summed E-state index contributed by atoms with van der Waals surface area (Å²) in [4.78, 5) is 18.8. The van der Waals surface area contributed by atoms with Crippen LogP contribution in [-0.4, -0.2) is 50.0 Å². The number of carbonyl (C=O) groups is 1. The summed E-state index contributed by atoms with van der Waals surface area (Å²) in [6.45, 7) is 7.72. The quantitative estimate of drug-likeness (QED) is 0.482. The maximum Gasteiger partial charge on any atom is 0.223 e. The first-order valence-corrected chi connectivity index (χ1v) is 11.3. The second-order valence-electron chi connectivity index (χ2n) is 9.28. The summed E-state index contributed by atoms with van der Waals surface area (Å²) in [5, 5.41) is 6.89. The monoisotopic (exact) mass is 420 g/mol. The van der Waals surface area contributed by atoms with Gasteiger partial charge in [0.15, 0.2) is 5.96 Å². The van der Waals surface area contributed by atoms with Gasteiger partial charge >= 0.3 is 0 Å². The van der Waals surface area contributed by atoms with E-state index in [0.29, 0.717) is 12.3 Å². The average Bonchev–Trinajstić information content (AvgIpc) is 3.13. The Labute approximate surface area is 187 Å². The van der Waals surface area contributed by atoms with Crippen LogP contribution in [0.15, 0.2) is 65.7 Å². The highest BCUT2D eigenvalue weighted by Gasteiger charge is 2.29. The molecule has 5 nitrogen and oxygen atoms in total. The van der Waals surface area contributed by atoms with E-state index >= 15 is 0 Å². The largest absolute Gasteiger partial charge is 0.356 e. The van der Waals surface area contributed by atoms with Gasteiger partial charge in [-0.15, -0.1) is 0 Å². The van der Waals surface area contributed by atoms with Crippen molar-refractivity contribution in [2.24, 2.45) is 16.3 Å². The molecule has 3 rings (SSSR count). The summed E-state index contributed by atoms with van der Waals surface area (Å²) in [6.07, 6.45) is 2.52. The van der Waals surface area contributed by atoms with Gasteiger partial charge in [-0.25, -0.2) is 0 Å². The summed E-state index contributed by atoms with van der Waals surface area (Å²) in [5.41, 5.74) is 2.73. The van der Waals surface area contributed by atoms with Gasteiger partial charge in [0.05, 0.1) is 0 Å².